The molecule has 1 unspecified atom stereocenters. The molecule has 0 saturated heterocycles. The minimum Gasteiger partial charge on any atom is -0.497 e. The molecule has 1 atom stereocenters. The van der Waals surface area contributed by atoms with Crippen LogP contribution in [0.15, 0.2) is 48.5 Å². The van der Waals surface area contributed by atoms with Crippen LogP contribution in [0.1, 0.15) is 53.6 Å². The number of ether oxygens (including phenoxy) is 2. The highest BCUT2D eigenvalue weighted by Gasteiger charge is 2.34. The van der Waals surface area contributed by atoms with Crippen LogP contribution in [0.5, 0.6) is 11.5 Å². The highest BCUT2D eigenvalue weighted by atomic mass is 32.1. The number of carbonyl (C=O) groups is 2. The van der Waals surface area contributed by atoms with Crippen LogP contribution in [0, 0.1) is 11.3 Å². The summed E-state index contributed by atoms with van der Waals surface area (Å²) in [7, 11) is 3.19. The minimum atomic E-state index is -0.231. The summed E-state index contributed by atoms with van der Waals surface area (Å²) in [5.74, 6) is 1.47. The lowest BCUT2D eigenvalue weighted by molar-refractivity contribution is -0.115. The van der Waals surface area contributed by atoms with Crippen molar-refractivity contribution in [3.05, 3.63) is 70.1 Å². The van der Waals surface area contributed by atoms with Crippen molar-refractivity contribution in [1.82, 2.24) is 0 Å². The number of hydrogen-bond donors (Lipinski definition) is 2. The van der Waals surface area contributed by atoms with Gasteiger partial charge in [-0.2, -0.15) is 0 Å². The molecule has 7 heteroatoms. The second-order valence-corrected chi connectivity index (χ2v) is 11.3. The number of rotatable bonds is 7. The predicted octanol–water partition coefficient (Wildman–Crippen LogP) is 6.35. The van der Waals surface area contributed by atoms with Crippen LogP contribution in [0.3, 0.4) is 0 Å². The molecule has 2 aromatic carbocycles. The first-order valence-corrected chi connectivity index (χ1v) is 13.0. The molecule has 0 aliphatic heterocycles. The van der Waals surface area contributed by atoms with Crippen LogP contribution < -0.4 is 20.1 Å². The first-order chi connectivity index (χ1) is 17.2. The molecule has 2 amide bonds. The first-order valence-electron chi connectivity index (χ1n) is 12.2. The van der Waals surface area contributed by atoms with Crippen molar-refractivity contribution < 1.29 is 19.1 Å². The molecule has 1 heterocycles. The molecule has 0 fully saturated rings. The summed E-state index contributed by atoms with van der Waals surface area (Å²) in [5.41, 5.74) is 3.27. The second-order valence-electron chi connectivity index (χ2n) is 10.2. The largest absolute Gasteiger partial charge is 0.497 e. The Balaban J connectivity index is 1.62. The van der Waals surface area contributed by atoms with Crippen LogP contribution in [-0.2, 0) is 24.1 Å². The van der Waals surface area contributed by atoms with Gasteiger partial charge in [0.05, 0.1) is 31.9 Å². The van der Waals surface area contributed by atoms with Crippen LogP contribution in [0.4, 0.5) is 10.7 Å². The average Bonchev–Trinajstić information content (AvgIpc) is 3.21. The maximum absolute atomic E-state index is 13.6. The van der Waals surface area contributed by atoms with Gasteiger partial charge >= 0.3 is 0 Å². The van der Waals surface area contributed by atoms with E-state index < -0.39 is 0 Å². The number of benzene rings is 2. The molecule has 190 valence electrons. The fourth-order valence-corrected chi connectivity index (χ4v) is 6.03. The van der Waals surface area contributed by atoms with Crippen molar-refractivity contribution >= 4 is 33.8 Å². The molecule has 1 aliphatic carbocycles. The number of thiophene rings is 1. The van der Waals surface area contributed by atoms with E-state index >= 15 is 0 Å². The summed E-state index contributed by atoms with van der Waals surface area (Å²) < 4.78 is 10.6. The molecule has 36 heavy (non-hydrogen) atoms. The van der Waals surface area contributed by atoms with Crippen molar-refractivity contribution in [3.8, 4) is 11.5 Å². The quantitative estimate of drug-likeness (QED) is 0.391. The Hall–Kier alpha value is -3.32. The molecular formula is C29H34N2O4S. The van der Waals surface area contributed by atoms with Gasteiger partial charge in [0.25, 0.3) is 5.91 Å². The summed E-state index contributed by atoms with van der Waals surface area (Å²) in [4.78, 5) is 27.8. The monoisotopic (exact) mass is 506 g/mol. The van der Waals surface area contributed by atoms with Gasteiger partial charge in [0, 0.05) is 4.88 Å². The van der Waals surface area contributed by atoms with E-state index in [0.717, 1.165) is 36.1 Å². The van der Waals surface area contributed by atoms with E-state index in [9.17, 15) is 9.59 Å². The molecular weight excluding hydrogens is 472 g/mol. The minimum absolute atomic E-state index is 0.155. The summed E-state index contributed by atoms with van der Waals surface area (Å²) in [6.07, 6.45) is 2.95. The van der Waals surface area contributed by atoms with Gasteiger partial charge in [-0.3, -0.25) is 9.59 Å². The maximum Gasteiger partial charge on any atom is 0.259 e. The molecule has 2 N–H and O–H groups in total. The van der Waals surface area contributed by atoms with Crippen LogP contribution in [0.2, 0.25) is 0 Å². The van der Waals surface area contributed by atoms with Crippen LogP contribution in [-0.4, -0.2) is 26.0 Å². The summed E-state index contributed by atoms with van der Waals surface area (Å²) in [6, 6.07) is 14.8. The van der Waals surface area contributed by atoms with E-state index in [1.807, 2.05) is 48.5 Å². The zero-order valence-corrected chi connectivity index (χ0v) is 22.4. The lowest BCUT2D eigenvalue weighted by Gasteiger charge is -2.33. The third kappa shape index (κ3) is 5.73. The third-order valence-corrected chi connectivity index (χ3v) is 8.02. The molecule has 3 aromatic rings. The zero-order chi connectivity index (χ0) is 25.9. The van der Waals surface area contributed by atoms with Crippen molar-refractivity contribution in [1.29, 1.82) is 0 Å². The number of carbonyl (C=O) groups excluding carboxylic acids is 2. The van der Waals surface area contributed by atoms with Crippen molar-refractivity contribution in [2.45, 2.75) is 46.5 Å². The molecule has 4 rings (SSSR count). The van der Waals surface area contributed by atoms with Crippen molar-refractivity contribution in [3.63, 3.8) is 0 Å². The van der Waals surface area contributed by atoms with Gasteiger partial charge in [-0.25, -0.2) is 0 Å². The van der Waals surface area contributed by atoms with E-state index in [0.29, 0.717) is 27.9 Å². The van der Waals surface area contributed by atoms with Gasteiger partial charge in [0.15, 0.2) is 0 Å². The Labute approximate surface area is 217 Å². The number of anilines is 2. The third-order valence-electron chi connectivity index (χ3n) is 6.85. The standard InChI is InChI=1S/C29H34N2O4S/c1-29(2,3)19-12-15-21-24(17-19)36-28(31-25(32)16-18-10-13-20(34-4)14-11-18)26(21)27(33)30-22-8-6-7-9-23(22)35-5/h6-11,13-14,19H,12,15-17H2,1-5H3,(H,30,33)(H,31,32). The van der Waals surface area contributed by atoms with E-state index in [2.05, 4.69) is 31.4 Å². The normalized spacial score (nSPS) is 15.1. The lowest BCUT2D eigenvalue weighted by Crippen LogP contribution is -2.27. The number of hydrogen-bond acceptors (Lipinski definition) is 5. The highest BCUT2D eigenvalue weighted by molar-refractivity contribution is 7.17. The van der Waals surface area contributed by atoms with Gasteiger partial charge in [-0.1, -0.05) is 45.0 Å². The van der Waals surface area contributed by atoms with Gasteiger partial charge in [-0.15, -0.1) is 11.3 Å². The molecule has 0 saturated carbocycles. The molecule has 0 bridgehead atoms. The predicted molar refractivity (Wildman–Crippen MR) is 146 cm³/mol. The molecule has 1 aromatic heterocycles. The highest BCUT2D eigenvalue weighted by Crippen LogP contribution is 2.44. The van der Waals surface area contributed by atoms with Crippen molar-refractivity contribution in [2.24, 2.45) is 11.3 Å². The Kier molecular flexibility index (Phi) is 7.69. The molecule has 0 spiro atoms. The van der Waals surface area contributed by atoms with Gasteiger partial charge in [0.1, 0.15) is 16.5 Å². The zero-order valence-electron chi connectivity index (χ0n) is 21.6. The van der Waals surface area contributed by atoms with E-state index in [4.69, 9.17) is 9.47 Å². The van der Waals surface area contributed by atoms with E-state index in [1.165, 1.54) is 16.2 Å². The Morgan fingerprint density at radius 2 is 1.72 bits per heavy atom. The Morgan fingerprint density at radius 1 is 1.00 bits per heavy atom. The van der Waals surface area contributed by atoms with Crippen LogP contribution >= 0.6 is 11.3 Å². The number of methoxy groups -OCH3 is 2. The lowest BCUT2D eigenvalue weighted by atomic mass is 9.72. The number of amides is 2. The second kappa shape index (κ2) is 10.7. The Bertz CT molecular complexity index is 1240. The summed E-state index contributed by atoms with van der Waals surface area (Å²) in [6.45, 7) is 6.80. The summed E-state index contributed by atoms with van der Waals surface area (Å²) >= 11 is 1.53. The topological polar surface area (TPSA) is 76.7 Å². The van der Waals surface area contributed by atoms with Crippen molar-refractivity contribution in [2.75, 3.05) is 24.9 Å². The SMILES string of the molecule is COc1ccc(CC(=O)Nc2sc3c(c2C(=O)Nc2ccccc2OC)CCC(C(C)(C)C)C3)cc1. The first kappa shape index (κ1) is 25.8. The van der Waals surface area contributed by atoms with E-state index in [-0.39, 0.29) is 23.7 Å². The van der Waals surface area contributed by atoms with E-state index in [1.54, 1.807) is 14.2 Å². The number of para-hydroxylation sites is 2. The number of fused-ring (bicyclic) bond motifs is 1. The fourth-order valence-electron chi connectivity index (χ4n) is 4.69. The fraction of sp³-hybridized carbons (Fsp3) is 0.379. The summed E-state index contributed by atoms with van der Waals surface area (Å²) in [5, 5.41) is 6.67. The van der Waals surface area contributed by atoms with Gasteiger partial charge in [-0.05, 0) is 66.0 Å². The molecule has 6 nitrogen and oxygen atoms in total. The number of nitrogens with one attached hydrogen (secondary N) is 2. The van der Waals surface area contributed by atoms with Gasteiger partial charge in [0.2, 0.25) is 5.91 Å². The maximum atomic E-state index is 13.6. The Morgan fingerprint density at radius 3 is 2.39 bits per heavy atom. The smallest absolute Gasteiger partial charge is 0.259 e. The van der Waals surface area contributed by atoms with Gasteiger partial charge < -0.3 is 20.1 Å². The average molecular weight is 507 g/mol. The molecule has 0 radical (unpaired) electrons. The molecule has 1 aliphatic rings. The van der Waals surface area contributed by atoms with Crippen LogP contribution in [0.25, 0.3) is 0 Å².